The number of H-pyrrole nitrogens is 1. The molecule has 1 aromatic heterocycles. The molecule has 196 valence electrons. The molecule has 0 aliphatic carbocycles. The molecular formula is C29H36N2O5Si. The van der Waals surface area contributed by atoms with E-state index in [0.29, 0.717) is 18.4 Å². The molecule has 2 aromatic carbocycles. The average Bonchev–Trinajstić information content (AvgIpc) is 3.29. The van der Waals surface area contributed by atoms with Crippen LogP contribution in [0.3, 0.4) is 0 Å². The quantitative estimate of drug-likeness (QED) is 0.352. The van der Waals surface area contributed by atoms with Gasteiger partial charge in [0.15, 0.2) is 0 Å². The lowest BCUT2D eigenvalue weighted by molar-refractivity contribution is -0.0794. The number of aromatic amines is 1. The van der Waals surface area contributed by atoms with Gasteiger partial charge in [0, 0.05) is 18.2 Å². The number of hydrogen-bond donors (Lipinski definition) is 2. The van der Waals surface area contributed by atoms with Crippen molar-refractivity contribution < 1.29 is 14.3 Å². The average molecular weight is 521 g/mol. The molecule has 0 spiro atoms. The molecule has 3 aromatic rings. The zero-order valence-electron chi connectivity index (χ0n) is 21.9. The number of benzene rings is 2. The number of aliphatic hydroxyl groups is 1. The molecule has 0 unspecified atom stereocenters. The van der Waals surface area contributed by atoms with Gasteiger partial charge in [-0.05, 0) is 28.8 Å². The van der Waals surface area contributed by atoms with Crippen molar-refractivity contribution in [2.75, 3.05) is 0 Å². The molecular weight excluding hydrogens is 484 g/mol. The van der Waals surface area contributed by atoms with Crippen LogP contribution in [0.1, 0.15) is 45.4 Å². The van der Waals surface area contributed by atoms with E-state index in [1.807, 2.05) is 36.4 Å². The number of rotatable bonds is 8. The van der Waals surface area contributed by atoms with E-state index < -0.39 is 44.1 Å². The molecule has 0 radical (unpaired) electrons. The molecule has 1 aliphatic heterocycles. The molecule has 7 nitrogen and oxygen atoms in total. The van der Waals surface area contributed by atoms with Gasteiger partial charge < -0.3 is 14.3 Å². The number of nitrogens with one attached hydrogen (secondary N) is 1. The van der Waals surface area contributed by atoms with Gasteiger partial charge >= 0.3 is 5.69 Å². The number of aliphatic hydroxyl groups excluding tert-OH is 1. The van der Waals surface area contributed by atoms with E-state index in [0.717, 1.165) is 10.4 Å². The minimum Gasteiger partial charge on any atom is -0.402 e. The first-order valence-corrected chi connectivity index (χ1v) is 14.5. The molecule has 2 heterocycles. The Morgan fingerprint density at radius 3 is 2.22 bits per heavy atom. The van der Waals surface area contributed by atoms with Crippen molar-refractivity contribution in [3.05, 3.63) is 106 Å². The van der Waals surface area contributed by atoms with Crippen LogP contribution in [-0.4, -0.2) is 41.3 Å². The number of aryl methyl sites for hydroxylation is 1. The predicted molar refractivity (Wildman–Crippen MR) is 148 cm³/mol. The smallest absolute Gasteiger partial charge is 0.330 e. The molecule has 0 bridgehead atoms. The highest BCUT2D eigenvalue weighted by Crippen LogP contribution is 2.41. The van der Waals surface area contributed by atoms with Gasteiger partial charge in [-0.2, -0.15) is 0 Å². The van der Waals surface area contributed by atoms with Gasteiger partial charge in [-0.15, -0.1) is 6.58 Å². The van der Waals surface area contributed by atoms with Crippen LogP contribution in [-0.2, 0) is 9.16 Å². The van der Waals surface area contributed by atoms with Crippen LogP contribution in [0.4, 0.5) is 0 Å². The monoisotopic (exact) mass is 520 g/mol. The Morgan fingerprint density at radius 1 is 1.14 bits per heavy atom. The van der Waals surface area contributed by atoms with Gasteiger partial charge in [-0.3, -0.25) is 14.3 Å². The fraction of sp³-hybridized carbons (Fsp3) is 0.379. The Hall–Kier alpha value is -3.04. The minimum absolute atomic E-state index is 0.271. The Labute approximate surface area is 218 Å². The maximum atomic E-state index is 12.7. The molecule has 1 fully saturated rings. The van der Waals surface area contributed by atoms with Crippen LogP contribution in [0.5, 0.6) is 0 Å². The van der Waals surface area contributed by atoms with Gasteiger partial charge in [-0.1, -0.05) is 87.5 Å². The van der Waals surface area contributed by atoms with Crippen LogP contribution in [0.15, 0.2) is 89.1 Å². The number of hydrogen-bond acceptors (Lipinski definition) is 5. The summed E-state index contributed by atoms with van der Waals surface area (Å²) in [6.45, 7) is 12.0. The van der Waals surface area contributed by atoms with Gasteiger partial charge in [0.05, 0.1) is 12.2 Å². The molecule has 37 heavy (non-hydrogen) atoms. The highest BCUT2D eigenvalue weighted by atomic mass is 28.4. The van der Waals surface area contributed by atoms with E-state index in [-0.39, 0.29) is 5.04 Å². The molecule has 4 rings (SSSR count). The fourth-order valence-electron chi connectivity index (χ4n) is 5.31. The van der Waals surface area contributed by atoms with E-state index in [1.165, 1.54) is 10.8 Å². The molecule has 2 N–H and O–H groups in total. The van der Waals surface area contributed by atoms with E-state index in [4.69, 9.17) is 9.16 Å². The number of nitrogens with zero attached hydrogens (tertiary/aromatic N) is 1. The summed E-state index contributed by atoms with van der Waals surface area (Å²) in [7, 11) is -2.95. The summed E-state index contributed by atoms with van der Waals surface area (Å²) >= 11 is 0. The lowest BCUT2D eigenvalue weighted by Gasteiger charge is -2.45. The molecule has 1 saturated heterocycles. The van der Waals surface area contributed by atoms with Crippen LogP contribution < -0.4 is 21.6 Å². The first-order valence-electron chi connectivity index (χ1n) is 12.6. The summed E-state index contributed by atoms with van der Waals surface area (Å²) in [6.07, 6.45) is 1.05. The van der Waals surface area contributed by atoms with Gasteiger partial charge in [0.25, 0.3) is 13.9 Å². The van der Waals surface area contributed by atoms with Crippen molar-refractivity contribution in [1.29, 1.82) is 0 Å². The van der Waals surface area contributed by atoms with Crippen molar-refractivity contribution in [1.82, 2.24) is 9.55 Å². The summed E-state index contributed by atoms with van der Waals surface area (Å²) in [5.74, 6) is 0. The topological polar surface area (TPSA) is 93.5 Å². The summed E-state index contributed by atoms with van der Waals surface area (Å²) in [6, 6.07) is 20.5. The van der Waals surface area contributed by atoms with E-state index in [2.05, 4.69) is 56.6 Å². The highest BCUT2D eigenvalue weighted by molar-refractivity contribution is 6.99. The van der Waals surface area contributed by atoms with Crippen LogP contribution in [0, 0.1) is 6.92 Å². The molecule has 4 atom stereocenters. The van der Waals surface area contributed by atoms with Crippen molar-refractivity contribution >= 4 is 18.7 Å². The second kappa shape index (κ2) is 10.7. The maximum absolute atomic E-state index is 12.7. The number of aromatic nitrogens is 2. The van der Waals surface area contributed by atoms with E-state index in [1.54, 1.807) is 13.0 Å². The standard InChI is InChI=1S/C29H36N2O5Si/c1-6-13-23(32)26-24(18-25(35-26)31-19-20(2)27(33)30-28(31)34)36-37(29(3,4)5,21-14-9-7-10-15-21)22-16-11-8-12-17-22/h6-12,14-17,19,23-26,32H,1,13,18H2,2-5H3,(H,30,33,34)/t23-,24+,25-,26-/m1/s1. The van der Waals surface area contributed by atoms with E-state index in [9.17, 15) is 14.7 Å². The predicted octanol–water partition coefficient (Wildman–Crippen LogP) is 3.01. The first-order chi connectivity index (χ1) is 17.6. The summed E-state index contributed by atoms with van der Waals surface area (Å²) in [5, 5.41) is 13.0. The third kappa shape index (κ3) is 5.20. The molecule has 1 aliphatic rings. The van der Waals surface area contributed by atoms with Gasteiger partial charge in [0.2, 0.25) is 0 Å². The zero-order chi connectivity index (χ0) is 26.8. The van der Waals surface area contributed by atoms with Crippen molar-refractivity contribution in [3.8, 4) is 0 Å². The SMILES string of the molecule is C=CC[C@@H](O)[C@H]1O[C@@H](n2cc(C)c(=O)[nH]c2=O)C[C@@H]1O[Si](c1ccccc1)(c1ccccc1)C(C)(C)C. The highest BCUT2D eigenvalue weighted by Gasteiger charge is 2.54. The minimum atomic E-state index is -2.95. The Kier molecular flexibility index (Phi) is 7.85. The van der Waals surface area contributed by atoms with Crippen LogP contribution >= 0.6 is 0 Å². The lowest BCUT2D eigenvalue weighted by Crippen LogP contribution is -2.68. The molecule has 0 amide bonds. The van der Waals surface area contributed by atoms with Crippen LogP contribution in [0.25, 0.3) is 0 Å². The first kappa shape index (κ1) is 27.0. The zero-order valence-corrected chi connectivity index (χ0v) is 22.9. The third-order valence-corrected chi connectivity index (χ3v) is 12.2. The fourth-order valence-corrected chi connectivity index (χ4v) is 10.0. The normalized spacial score (nSPS) is 21.1. The van der Waals surface area contributed by atoms with Crippen molar-refractivity contribution in [2.45, 2.75) is 70.1 Å². The van der Waals surface area contributed by atoms with Gasteiger partial charge in [-0.25, -0.2) is 4.79 Å². The number of ether oxygens (including phenoxy) is 1. The maximum Gasteiger partial charge on any atom is 0.330 e. The van der Waals surface area contributed by atoms with Gasteiger partial charge in [0.1, 0.15) is 12.3 Å². The Bertz CT molecular complexity index is 1290. The van der Waals surface area contributed by atoms with Crippen LogP contribution in [0.2, 0.25) is 5.04 Å². The largest absolute Gasteiger partial charge is 0.402 e. The Morgan fingerprint density at radius 2 is 1.70 bits per heavy atom. The summed E-state index contributed by atoms with van der Waals surface area (Å²) < 4.78 is 15.0. The summed E-state index contributed by atoms with van der Waals surface area (Å²) in [4.78, 5) is 27.0. The van der Waals surface area contributed by atoms with Crippen molar-refractivity contribution in [2.24, 2.45) is 0 Å². The third-order valence-electron chi connectivity index (χ3n) is 7.10. The molecule has 8 heteroatoms. The second-order valence-electron chi connectivity index (χ2n) is 10.7. The Balaban J connectivity index is 1.84. The van der Waals surface area contributed by atoms with E-state index >= 15 is 0 Å². The lowest BCUT2D eigenvalue weighted by atomic mass is 10.1. The summed E-state index contributed by atoms with van der Waals surface area (Å²) in [5.41, 5.74) is -0.575. The van der Waals surface area contributed by atoms with Crippen molar-refractivity contribution in [3.63, 3.8) is 0 Å². The second-order valence-corrected chi connectivity index (χ2v) is 14.9. The molecule has 0 saturated carbocycles.